The third-order valence-electron chi connectivity index (χ3n) is 4.13. The van der Waals surface area contributed by atoms with Gasteiger partial charge in [0.2, 0.25) is 0 Å². The second kappa shape index (κ2) is 6.38. The summed E-state index contributed by atoms with van der Waals surface area (Å²) in [5.41, 5.74) is 8.01. The Morgan fingerprint density at radius 2 is 2.05 bits per heavy atom. The van der Waals surface area contributed by atoms with Crippen LogP contribution in [0.2, 0.25) is 0 Å². The molecular formula is C16H25FN2. The lowest BCUT2D eigenvalue weighted by molar-refractivity contribution is 0.378. The van der Waals surface area contributed by atoms with E-state index in [-0.39, 0.29) is 11.9 Å². The van der Waals surface area contributed by atoms with Crippen molar-refractivity contribution in [3.63, 3.8) is 0 Å². The van der Waals surface area contributed by atoms with Crippen molar-refractivity contribution in [1.82, 2.24) is 0 Å². The van der Waals surface area contributed by atoms with Crippen molar-refractivity contribution in [3.8, 4) is 0 Å². The van der Waals surface area contributed by atoms with E-state index in [1.165, 1.54) is 25.7 Å². The van der Waals surface area contributed by atoms with Crippen LogP contribution in [0.25, 0.3) is 0 Å². The first-order chi connectivity index (χ1) is 9.11. The average molecular weight is 264 g/mol. The number of anilines is 1. The van der Waals surface area contributed by atoms with Crippen LogP contribution >= 0.6 is 0 Å². The molecule has 2 rings (SSSR count). The molecule has 1 fully saturated rings. The highest BCUT2D eigenvalue weighted by molar-refractivity contribution is 5.55. The smallest absolute Gasteiger partial charge is 0.123 e. The summed E-state index contributed by atoms with van der Waals surface area (Å²) in [5, 5.41) is 0. The Bertz CT molecular complexity index is 409. The Morgan fingerprint density at radius 1 is 1.37 bits per heavy atom. The van der Waals surface area contributed by atoms with Gasteiger partial charge in [-0.2, -0.15) is 0 Å². The number of halogens is 1. The third kappa shape index (κ3) is 3.47. The SMILES string of the molecule is CCCC1CCN(c2ccc(F)cc2C(C)N)CC1. The van der Waals surface area contributed by atoms with Crippen LogP contribution in [0.15, 0.2) is 18.2 Å². The summed E-state index contributed by atoms with van der Waals surface area (Å²) in [5.74, 6) is 0.664. The number of hydrogen-bond donors (Lipinski definition) is 1. The summed E-state index contributed by atoms with van der Waals surface area (Å²) < 4.78 is 13.4. The molecular weight excluding hydrogens is 239 g/mol. The van der Waals surface area contributed by atoms with Crippen molar-refractivity contribution in [1.29, 1.82) is 0 Å². The van der Waals surface area contributed by atoms with Gasteiger partial charge in [0.25, 0.3) is 0 Å². The van der Waals surface area contributed by atoms with E-state index in [4.69, 9.17) is 5.73 Å². The summed E-state index contributed by atoms with van der Waals surface area (Å²) in [4.78, 5) is 2.37. The van der Waals surface area contributed by atoms with Gasteiger partial charge in [-0.25, -0.2) is 4.39 Å². The molecule has 1 aliphatic heterocycles. The maximum atomic E-state index is 13.4. The number of piperidine rings is 1. The van der Waals surface area contributed by atoms with Crippen molar-refractivity contribution in [2.75, 3.05) is 18.0 Å². The number of benzene rings is 1. The fourth-order valence-electron chi connectivity index (χ4n) is 3.05. The average Bonchev–Trinajstić information content (AvgIpc) is 2.40. The zero-order valence-corrected chi connectivity index (χ0v) is 12.0. The second-order valence-corrected chi connectivity index (χ2v) is 5.71. The number of nitrogens with two attached hydrogens (primary N) is 1. The molecule has 0 saturated carbocycles. The van der Waals surface area contributed by atoms with Crippen LogP contribution in [0, 0.1) is 11.7 Å². The highest BCUT2D eigenvalue weighted by Crippen LogP contribution is 2.31. The van der Waals surface area contributed by atoms with E-state index < -0.39 is 0 Å². The van der Waals surface area contributed by atoms with Gasteiger partial charge in [0.1, 0.15) is 5.82 Å². The lowest BCUT2D eigenvalue weighted by atomic mass is 9.91. The summed E-state index contributed by atoms with van der Waals surface area (Å²) in [6, 6.07) is 4.88. The lowest BCUT2D eigenvalue weighted by Gasteiger charge is -2.35. The van der Waals surface area contributed by atoms with Crippen molar-refractivity contribution >= 4 is 5.69 Å². The fourth-order valence-corrected chi connectivity index (χ4v) is 3.05. The first-order valence-corrected chi connectivity index (χ1v) is 7.41. The second-order valence-electron chi connectivity index (χ2n) is 5.71. The van der Waals surface area contributed by atoms with Gasteiger partial charge in [-0.05, 0) is 49.4 Å². The van der Waals surface area contributed by atoms with E-state index in [0.29, 0.717) is 0 Å². The van der Waals surface area contributed by atoms with Crippen LogP contribution in [0.1, 0.15) is 51.1 Å². The Kier molecular flexibility index (Phi) is 4.81. The molecule has 0 radical (unpaired) electrons. The molecule has 1 atom stereocenters. The van der Waals surface area contributed by atoms with Crippen LogP contribution in [-0.2, 0) is 0 Å². The standard InChI is InChI=1S/C16H25FN2/c1-3-4-13-7-9-19(10-8-13)16-6-5-14(17)11-15(16)12(2)18/h5-6,11-13H,3-4,7-10,18H2,1-2H3. The van der Waals surface area contributed by atoms with Crippen molar-refractivity contribution in [3.05, 3.63) is 29.6 Å². The van der Waals surface area contributed by atoms with Gasteiger partial charge in [0.05, 0.1) is 0 Å². The topological polar surface area (TPSA) is 29.3 Å². The molecule has 1 aliphatic rings. The molecule has 1 aromatic rings. The lowest BCUT2D eigenvalue weighted by Crippen LogP contribution is -2.34. The van der Waals surface area contributed by atoms with E-state index in [0.717, 1.165) is 30.3 Å². The van der Waals surface area contributed by atoms with Gasteiger partial charge in [0.15, 0.2) is 0 Å². The molecule has 0 bridgehead atoms. The zero-order valence-electron chi connectivity index (χ0n) is 12.0. The van der Waals surface area contributed by atoms with E-state index in [1.54, 1.807) is 12.1 Å². The Balaban J connectivity index is 2.11. The van der Waals surface area contributed by atoms with Gasteiger partial charge in [-0.1, -0.05) is 19.8 Å². The van der Waals surface area contributed by atoms with Crippen LogP contribution in [-0.4, -0.2) is 13.1 Å². The first-order valence-electron chi connectivity index (χ1n) is 7.41. The van der Waals surface area contributed by atoms with Gasteiger partial charge < -0.3 is 10.6 Å². The predicted octanol–water partition coefficient (Wildman–Crippen LogP) is 3.86. The van der Waals surface area contributed by atoms with E-state index in [9.17, 15) is 4.39 Å². The Labute approximate surface area is 115 Å². The van der Waals surface area contributed by atoms with Crippen molar-refractivity contribution in [2.45, 2.75) is 45.6 Å². The molecule has 2 N–H and O–H groups in total. The van der Waals surface area contributed by atoms with E-state index >= 15 is 0 Å². The molecule has 0 amide bonds. The van der Waals surface area contributed by atoms with Gasteiger partial charge in [-0.3, -0.25) is 0 Å². The fraction of sp³-hybridized carbons (Fsp3) is 0.625. The Hall–Kier alpha value is -1.09. The minimum atomic E-state index is -0.197. The largest absolute Gasteiger partial charge is 0.371 e. The maximum absolute atomic E-state index is 13.4. The highest BCUT2D eigenvalue weighted by Gasteiger charge is 2.21. The summed E-state index contributed by atoms with van der Waals surface area (Å²) in [6.07, 6.45) is 5.08. The van der Waals surface area contributed by atoms with Crippen LogP contribution in [0.5, 0.6) is 0 Å². The molecule has 1 unspecified atom stereocenters. The normalized spacial score (nSPS) is 18.6. The molecule has 106 valence electrons. The molecule has 19 heavy (non-hydrogen) atoms. The zero-order chi connectivity index (χ0) is 13.8. The Morgan fingerprint density at radius 3 is 2.63 bits per heavy atom. The molecule has 1 heterocycles. The highest BCUT2D eigenvalue weighted by atomic mass is 19.1. The quantitative estimate of drug-likeness (QED) is 0.894. The molecule has 0 aromatic heterocycles. The van der Waals surface area contributed by atoms with Gasteiger partial charge in [-0.15, -0.1) is 0 Å². The van der Waals surface area contributed by atoms with Crippen LogP contribution < -0.4 is 10.6 Å². The predicted molar refractivity (Wildman–Crippen MR) is 78.8 cm³/mol. The monoisotopic (exact) mass is 264 g/mol. The summed E-state index contributed by atoms with van der Waals surface area (Å²) in [6.45, 7) is 6.30. The number of nitrogens with zero attached hydrogens (tertiary/aromatic N) is 1. The van der Waals surface area contributed by atoms with Crippen LogP contribution in [0.4, 0.5) is 10.1 Å². The molecule has 0 aliphatic carbocycles. The molecule has 1 saturated heterocycles. The molecule has 0 spiro atoms. The maximum Gasteiger partial charge on any atom is 0.123 e. The molecule has 1 aromatic carbocycles. The van der Waals surface area contributed by atoms with Crippen LogP contribution in [0.3, 0.4) is 0 Å². The minimum absolute atomic E-state index is 0.126. The van der Waals surface area contributed by atoms with E-state index in [2.05, 4.69) is 11.8 Å². The summed E-state index contributed by atoms with van der Waals surface area (Å²) in [7, 11) is 0. The number of hydrogen-bond acceptors (Lipinski definition) is 2. The van der Waals surface area contributed by atoms with E-state index in [1.807, 2.05) is 13.0 Å². The van der Waals surface area contributed by atoms with Gasteiger partial charge >= 0.3 is 0 Å². The summed E-state index contributed by atoms with van der Waals surface area (Å²) >= 11 is 0. The minimum Gasteiger partial charge on any atom is -0.371 e. The number of rotatable bonds is 4. The molecule has 2 nitrogen and oxygen atoms in total. The molecule has 3 heteroatoms. The van der Waals surface area contributed by atoms with Crippen molar-refractivity contribution in [2.24, 2.45) is 11.7 Å². The first kappa shape index (κ1) is 14.3. The third-order valence-corrected chi connectivity index (χ3v) is 4.13. The van der Waals surface area contributed by atoms with Crippen molar-refractivity contribution < 1.29 is 4.39 Å². The van der Waals surface area contributed by atoms with Gasteiger partial charge in [0, 0.05) is 24.8 Å².